The summed E-state index contributed by atoms with van der Waals surface area (Å²) in [5.41, 5.74) is 0. The normalized spacial score (nSPS) is 10.5. The van der Waals surface area contributed by atoms with Gasteiger partial charge >= 0.3 is 0 Å². The van der Waals surface area contributed by atoms with Crippen LogP contribution in [-0.4, -0.2) is 5.11 Å². The van der Waals surface area contributed by atoms with E-state index in [1.54, 1.807) is 24.3 Å². The molecule has 1 rings (SSSR count). The molecular formula is C6H6ClO2P. The Morgan fingerprint density at radius 1 is 1.40 bits per heavy atom. The van der Waals surface area contributed by atoms with Gasteiger partial charge in [-0.1, -0.05) is 23.4 Å². The SMILES string of the molecule is Oc1ccccc1OPCl. The van der Waals surface area contributed by atoms with Crippen molar-refractivity contribution in [3.63, 3.8) is 0 Å². The van der Waals surface area contributed by atoms with Crippen LogP contribution in [0.3, 0.4) is 0 Å². The molecule has 1 atom stereocenters. The van der Waals surface area contributed by atoms with Crippen molar-refractivity contribution in [1.29, 1.82) is 0 Å². The van der Waals surface area contributed by atoms with E-state index >= 15 is 0 Å². The lowest BCUT2D eigenvalue weighted by Gasteiger charge is -2.01. The second-order valence-electron chi connectivity index (χ2n) is 1.65. The molecule has 0 saturated heterocycles. The molecule has 0 fully saturated rings. The predicted molar refractivity (Wildman–Crippen MR) is 42.9 cm³/mol. The molecule has 0 amide bonds. The molecule has 0 aliphatic heterocycles. The number of phenolic OH excluding ortho intramolecular Hbond substituents is 1. The van der Waals surface area contributed by atoms with Crippen LogP contribution in [-0.2, 0) is 0 Å². The molecule has 0 radical (unpaired) electrons. The van der Waals surface area contributed by atoms with E-state index in [4.69, 9.17) is 20.9 Å². The summed E-state index contributed by atoms with van der Waals surface area (Å²) in [6.45, 7) is 0. The fraction of sp³-hybridized carbons (Fsp3) is 0. The molecule has 0 spiro atoms. The lowest BCUT2D eigenvalue weighted by atomic mass is 10.3. The van der Waals surface area contributed by atoms with Crippen LogP contribution in [0.1, 0.15) is 0 Å². The fourth-order valence-electron chi connectivity index (χ4n) is 0.585. The lowest BCUT2D eigenvalue weighted by Crippen LogP contribution is -1.74. The van der Waals surface area contributed by atoms with Crippen molar-refractivity contribution in [3.05, 3.63) is 24.3 Å². The average Bonchev–Trinajstić information content (AvgIpc) is 1.94. The van der Waals surface area contributed by atoms with Crippen molar-refractivity contribution in [2.24, 2.45) is 0 Å². The molecule has 2 nitrogen and oxygen atoms in total. The Balaban J connectivity index is 2.81. The molecule has 0 aliphatic rings. The van der Waals surface area contributed by atoms with E-state index in [-0.39, 0.29) is 13.9 Å². The van der Waals surface area contributed by atoms with Gasteiger partial charge in [-0.05, 0) is 12.1 Å². The standard InChI is InChI=1S/C6H6ClO2P/c7-10-9-6-4-2-1-3-5(6)8/h1-4,8,10H. The highest BCUT2D eigenvalue weighted by atomic mass is 35.7. The monoisotopic (exact) mass is 176 g/mol. The average molecular weight is 177 g/mol. The number of para-hydroxylation sites is 2. The molecular weight excluding hydrogens is 170 g/mol. The van der Waals surface area contributed by atoms with E-state index in [2.05, 4.69) is 0 Å². The number of aromatic hydroxyl groups is 1. The van der Waals surface area contributed by atoms with Crippen molar-refractivity contribution in [2.45, 2.75) is 0 Å². The van der Waals surface area contributed by atoms with Crippen molar-refractivity contribution >= 4 is 19.4 Å². The highest BCUT2D eigenvalue weighted by molar-refractivity contribution is 7.64. The molecule has 0 saturated carbocycles. The van der Waals surface area contributed by atoms with Gasteiger partial charge in [-0.3, -0.25) is 0 Å². The van der Waals surface area contributed by atoms with Gasteiger partial charge in [0.2, 0.25) is 0 Å². The van der Waals surface area contributed by atoms with Gasteiger partial charge in [-0.2, -0.15) is 0 Å². The maximum Gasteiger partial charge on any atom is 0.168 e. The van der Waals surface area contributed by atoms with Crippen LogP contribution in [0.2, 0.25) is 0 Å². The molecule has 0 aliphatic carbocycles. The zero-order valence-electron chi connectivity index (χ0n) is 5.04. The van der Waals surface area contributed by atoms with Gasteiger partial charge in [0.05, 0.1) is 0 Å². The summed E-state index contributed by atoms with van der Waals surface area (Å²) in [6, 6.07) is 6.70. The summed E-state index contributed by atoms with van der Waals surface area (Å²) in [5.74, 6) is 0.548. The summed E-state index contributed by atoms with van der Waals surface area (Å²) in [6.07, 6.45) is 0. The first-order valence-corrected chi connectivity index (χ1v) is 4.57. The molecule has 1 unspecified atom stereocenters. The number of hydrogen-bond donors (Lipinski definition) is 1. The predicted octanol–water partition coefficient (Wildman–Crippen LogP) is 2.52. The van der Waals surface area contributed by atoms with Crippen LogP contribution < -0.4 is 4.52 Å². The Bertz CT molecular complexity index is 217. The smallest absolute Gasteiger partial charge is 0.168 e. The van der Waals surface area contributed by atoms with Gasteiger partial charge in [0.15, 0.2) is 19.7 Å². The number of phenols is 1. The van der Waals surface area contributed by atoms with Crippen molar-refractivity contribution in [3.8, 4) is 11.5 Å². The first kappa shape index (κ1) is 7.64. The van der Waals surface area contributed by atoms with Gasteiger partial charge < -0.3 is 9.63 Å². The second kappa shape index (κ2) is 3.65. The van der Waals surface area contributed by atoms with Gasteiger partial charge in [0, 0.05) is 0 Å². The van der Waals surface area contributed by atoms with E-state index in [1.807, 2.05) is 0 Å². The Hall–Kier alpha value is -0.460. The fourth-order valence-corrected chi connectivity index (χ4v) is 1.09. The van der Waals surface area contributed by atoms with Crippen molar-refractivity contribution in [1.82, 2.24) is 0 Å². The van der Waals surface area contributed by atoms with Crippen LogP contribution in [0.5, 0.6) is 11.5 Å². The Kier molecular flexibility index (Phi) is 2.79. The van der Waals surface area contributed by atoms with Crippen LogP contribution in [0.15, 0.2) is 24.3 Å². The molecule has 1 N–H and O–H groups in total. The topological polar surface area (TPSA) is 29.5 Å². The number of rotatable bonds is 2. The molecule has 1 aromatic rings. The first-order chi connectivity index (χ1) is 4.84. The van der Waals surface area contributed by atoms with Crippen LogP contribution in [0, 0.1) is 0 Å². The minimum absolute atomic E-state index is 0.121. The molecule has 54 valence electrons. The maximum atomic E-state index is 9.06. The third kappa shape index (κ3) is 1.76. The summed E-state index contributed by atoms with van der Waals surface area (Å²) in [5, 5.41) is 9.06. The number of benzene rings is 1. The highest BCUT2D eigenvalue weighted by Crippen LogP contribution is 2.31. The highest BCUT2D eigenvalue weighted by Gasteiger charge is 1.97. The molecule has 0 bridgehead atoms. The zero-order chi connectivity index (χ0) is 7.40. The minimum Gasteiger partial charge on any atom is -0.504 e. The summed E-state index contributed by atoms with van der Waals surface area (Å²) in [7, 11) is -0.156. The molecule has 10 heavy (non-hydrogen) atoms. The van der Waals surface area contributed by atoms with Crippen molar-refractivity contribution in [2.75, 3.05) is 0 Å². The van der Waals surface area contributed by atoms with Gasteiger partial charge in [-0.15, -0.1) is 0 Å². The third-order valence-corrected chi connectivity index (χ3v) is 1.54. The Labute approximate surface area is 65.4 Å². The van der Waals surface area contributed by atoms with E-state index in [0.717, 1.165) is 0 Å². The van der Waals surface area contributed by atoms with Gasteiger partial charge in [-0.25, -0.2) is 0 Å². The molecule has 1 aromatic carbocycles. The first-order valence-electron chi connectivity index (χ1n) is 2.65. The van der Waals surface area contributed by atoms with Crippen LogP contribution in [0.25, 0.3) is 0 Å². The zero-order valence-corrected chi connectivity index (χ0v) is 6.80. The second-order valence-corrected chi connectivity index (χ2v) is 2.47. The van der Waals surface area contributed by atoms with Crippen LogP contribution >= 0.6 is 19.4 Å². The molecule has 0 heterocycles. The Morgan fingerprint density at radius 2 is 2.10 bits per heavy atom. The van der Waals surface area contributed by atoms with E-state index in [1.165, 1.54) is 0 Å². The molecule has 4 heteroatoms. The lowest BCUT2D eigenvalue weighted by molar-refractivity contribution is 0.450. The van der Waals surface area contributed by atoms with E-state index < -0.39 is 0 Å². The van der Waals surface area contributed by atoms with Crippen molar-refractivity contribution < 1.29 is 9.63 Å². The van der Waals surface area contributed by atoms with E-state index in [9.17, 15) is 0 Å². The summed E-state index contributed by atoms with van der Waals surface area (Å²) in [4.78, 5) is 0. The largest absolute Gasteiger partial charge is 0.504 e. The summed E-state index contributed by atoms with van der Waals surface area (Å²) >= 11 is 5.30. The molecule has 0 aromatic heterocycles. The third-order valence-electron chi connectivity index (χ3n) is 1.01. The minimum atomic E-state index is -0.156. The number of halogens is 1. The quantitative estimate of drug-likeness (QED) is 0.702. The van der Waals surface area contributed by atoms with E-state index in [0.29, 0.717) is 5.75 Å². The number of hydrogen-bond acceptors (Lipinski definition) is 2. The Morgan fingerprint density at radius 3 is 2.70 bits per heavy atom. The van der Waals surface area contributed by atoms with Gasteiger partial charge in [0.25, 0.3) is 0 Å². The van der Waals surface area contributed by atoms with Crippen LogP contribution in [0.4, 0.5) is 0 Å². The maximum absolute atomic E-state index is 9.06. The summed E-state index contributed by atoms with van der Waals surface area (Å²) < 4.78 is 4.88. The van der Waals surface area contributed by atoms with Gasteiger partial charge in [0.1, 0.15) is 0 Å².